The molecule has 31 heavy (non-hydrogen) atoms. The summed E-state index contributed by atoms with van der Waals surface area (Å²) in [6.07, 6.45) is 10.0. The Morgan fingerprint density at radius 2 is 1.74 bits per heavy atom. The smallest absolute Gasteiger partial charge is 0.212 e. The molecule has 1 aliphatic heterocycles. The lowest BCUT2D eigenvalue weighted by atomic mass is 10.1. The van der Waals surface area contributed by atoms with Crippen LogP contribution in [0.25, 0.3) is 17.0 Å². The van der Waals surface area contributed by atoms with Gasteiger partial charge in [0.2, 0.25) is 11.2 Å². The van der Waals surface area contributed by atoms with E-state index in [1.165, 1.54) is 37.8 Å². The Balaban J connectivity index is 0.00000272. The maximum atomic E-state index is 2.39. The van der Waals surface area contributed by atoms with Crippen molar-refractivity contribution in [2.75, 3.05) is 11.4 Å². The topological polar surface area (TPSA) is 7.12 Å². The number of fused-ring (bicyclic) bond motifs is 2. The Kier molecular flexibility index (Phi) is 8.38. The van der Waals surface area contributed by atoms with Crippen molar-refractivity contribution >= 4 is 34.4 Å². The highest BCUT2D eigenvalue weighted by Gasteiger charge is 2.22. The molecule has 0 aliphatic carbocycles. The first-order chi connectivity index (χ1) is 14.7. The third kappa shape index (κ3) is 5.07. The van der Waals surface area contributed by atoms with Crippen LogP contribution in [0.1, 0.15) is 32.9 Å². The number of anilines is 1. The molecule has 0 atom stereocenters. The van der Waals surface area contributed by atoms with Crippen molar-refractivity contribution in [3.05, 3.63) is 95.2 Å². The zero-order valence-electron chi connectivity index (χ0n) is 18.4. The Labute approximate surface area is 207 Å². The van der Waals surface area contributed by atoms with E-state index >= 15 is 0 Å². The molecule has 2 nitrogen and oxygen atoms in total. The lowest BCUT2D eigenvalue weighted by Crippen LogP contribution is -3.00. The number of thioether (sulfide) groups is 1. The summed E-state index contributed by atoms with van der Waals surface area (Å²) >= 11 is 1.86. The molecule has 4 heteroatoms. The van der Waals surface area contributed by atoms with Gasteiger partial charge in [-0.2, -0.15) is 4.57 Å². The first-order valence-corrected chi connectivity index (χ1v) is 11.6. The van der Waals surface area contributed by atoms with E-state index in [0.29, 0.717) is 0 Å². The van der Waals surface area contributed by atoms with E-state index in [4.69, 9.17) is 0 Å². The zero-order chi connectivity index (χ0) is 20.9. The molecule has 1 aliphatic rings. The molecular weight excluding hydrogens is 511 g/mol. The van der Waals surface area contributed by atoms with Crippen LogP contribution in [-0.4, -0.2) is 6.54 Å². The lowest BCUT2D eigenvalue weighted by molar-refractivity contribution is -0.669. The molecule has 0 unspecified atom stereocenters. The Hall–Kier alpha value is -2.05. The summed E-state index contributed by atoms with van der Waals surface area (Å²) < 4.78 is 2.37. The van der Waals surface area contributed by atoms with Gasteiger partial charge in [-0.15, -0.1) is 0 Å². The summed E-state index contributed by atoms with van der Waals surface area (Å²) in [5.74, 6) is 0. The average Bonchev–Trinajstić information content (AvgIpc) is 3.16. The number of nitrogens with zero attached hydrogens (tertiary/aromatic N) is 2. The molecule has 0 saturated carbocycles. The fraction of sp³-hybridized carbons (Fsp3) is 0.222. The van der Waals surface area contributed by atoms with Gasteiger partial charge in [-0.3, -0.25) is 0 Å². The molecule has 0 fully saturated rings. The van der Waals surface area contributed by atoms with Gasteiger partial charge < -0.3 is 28.9 Å². The highest BCUT2D eigenvalue weighted by atomic mass is 127. The van der Waals surface area contributed by atoms with Gasteiger partial charge in [-0.1, -0.05) is 55.1 Å². The standard InChI is InChI=1S/C27H29N2S.HI/c1-4-21(16-20-27-29(6-3)25-13-9-10-14-26(25)30-27)15-18-23-19-17-22-11-7-8-12-24(22)28(23)5-2;/h7-20H,4-6H2,1-3H3;1H/q+1;/p-1. The predicted octanol–water partition coefficient (Wildman–Crippen LogP) is 3.97. The van der Waals surface area contributed by atoms with E-state index in [2.05, 4.69) is 115 Å². The van der Waals surface area contributed by atoms with Crippen molar-refractivity contribution in [3.63, 3.8) is 0 Å². The van der Waals surface area contributed by atoms with Crippen LogP contribution in [0.3, 0.4) is 0 Å². The molecule has 0 radical (unpaired) electrons. The molecule has 0 amide bonds. The second kappa shape index (κ2) is 11.0. The summed E-state index contributed by atoms with van der Waals surface area (Å²) in [5.41, 5.74) is 5.16. The van der Waals surface area contributed by atoms with E-state index < -0.39 is 0 Å². The number of hydrogen-bond acceptors (Lipinski definition) is 2. The number of allylic oxidation sites excluding steroid dienone is 4. The molecule has 1 aromatic heterocycles. The van der Waals surface area contributed by atoms with Gasteiger partial charge in [0, 0.05) is 35.0 Å². The second-order valence-electron chi connectivity index (χ2n) is 7.31. The van der Waals surface area contributed by atoms with Gasteiger partial charge in [0.05, 0.1) is 10.7 Å². The van der Waals surface area contributed by atoms with Crippen LogP contribution in [-0.2, 0) is 6.54 Å². The number of aromatic nitrogens is 1. The Morgan fingerprint density at radius 3 is 2.52 bits per heavy atom. The van der Waals surface area contributed by atoms with Crippen LogP contribution in [0.4, 0.5) is 5.69 Å². The predicted molar refractivity (Wildman–Crippen MR) is 131 cm³/mol. The molecule has 2 heterocycles. The van der Waals surface area contributed by atoms with Crippen LogP contribution in [0.5, 0.6) is 0 Å². The molecule has 0 spiro atoms. The summed E-state index contributed by atoms with van der Waals surface area (Å²) in [7, 11) is 0. The largest absolute Gasteiger partial charge is 1.00 e. The molecule has 0 bridgehead atoms. The minimum Gasteiger partial charge on any atom is -1.00 e. The van der Waals surface area contributed by atoms with Gasteiger partial charge in [0.15, 0.2) is 0 Å². The van der Waals surface area contributed by atoms with Gasteiger partial charge in [0.1, 0.15) is 6.54 Å². The third-order valence-electron chi connectivity index (χ3n) is 5.56. The maximum Gasteiger partial charge on any atom is 0.212 e. The van der Waals surface area contributed by atoms with E-state index in [0.717, 1.165) is 19.5 Å². The third-order valence-corrected chi connectivity index (χ3v) is 6.69. The van der Waals surface area contributed by atoms with Crippen molar-refractivity contribution in [3.8, 4) is 0 Å². The number of aryl methyl sites for hydroxylation is 1. The normalized spacial score (nSPS) is 15.0. The highest BCUT2D eigenvalue weighted by Crippen LogP contribution is 2.45. The van der Waals surface area contributed by atoms with E-state index in [1.54, 1.807) is 0 Å². The average molecular weight is 541 g/mol. The monoisotopic (exact) mass is 540 g/mol. The summed E-state index contributed by atoms with van der Waals surface area (Å²) in [4.78, 5) is 3.73. The van der Waals surface area contributed by atoms with Crippen molar-refractivity contribution < 1.29 is 28.5 Å². The number of para-hydroxylation sites is 2. The molecule has 0 saturated heterocycles. The number of pyridine rings is 1. The van der Waals surface area contributed by atoms with Gasteiger partial charge in [0.25, 0.3) is 0 Å². The fourth-order valence-electron chi connectivity index (χ4n) is 3.94. The number of hydrogen-bond donors (Lipinski definition) is 0. The molecule has 160 valence electrons. The zero-order valence-corrected chi connectivity index (χ0v) is 21.4. The van der Waals surface area contributed by atoms with Gasteiger partial charge in [-0.05, 0) is 56.2 Å². The number of rotatable bonds is 6. The second-order valence-corrected chi connectivity index (χ2v) is 8.37. The quantitative estimate of drug-likeness (QED) is 0.266. The van der Waals surface area contributed by atoms with Crippen LogP contribution in [0, 0.1) is 0 Å². The molecule has 3 aromatic rings. The molecular formula is C27H29IN2S. The van der Waals surface area contributed by atoms with Crippen molar-refractivity contribution in [1.82, 2.24) is 0 Å². The molecule has 4 rings (SSSR count). The van der Waals surface area contributed by atoms with Gasteiger partial charge in [-0.25, -0.2) is 0 Å². The van der Waals surface area contributed by atoms with Crippen LogP contribution in [0.15, 0.2) is 94.4 Å². The fourth-order valence-corrected chi connectivity index (χ4v) is 5.07. The highest BCUT2D eigenvalue weighted by molar-refractivity contribution is 8.03. The molecule has 2 aromatic carbocycles. The van der Waals surface area contributed by atoms with E-state index in [-0.39, 0.29) is 24.0 Å². The summed E-state index contributed by atoms with van der Waals surface area (Å²) in [6, 6.07) is 21.7. The van der Waals surface area contributed by atoms with Crippen LogP contribution >= 0.6 is 11.8 Å². The van der Waals surface area contributed by atoms with Crippen LogP contribution in [0.2, 0.25) is 0 Å². The number of benzene rings is 2. The van der Waals surface area contributed by atoms with E-state index in [1.807, 2.05) is 11.8 Å². The SMILES string of the molecule is CCC(/C=C/c1ccc2ccccc2[n+]1CC)=C\C=C1\Sc2ccccc2N1CC.[I-]. The Morgan fingerprint density at radius 1 is 0.968 bits per heavy atom. The first-order valence-electron chi connectivity index (χ1n) is 10.8. The van der Waals surface area contributed by atoms with Crippen molar-refractivity contribution in [2.24, 2.45) is 0 Å². The summed E-state index contributed by atoms with van der Waals surface area (Å²) in [5, 5.41) is 2.58. The van der Waals surface area contributed by atoms with Crippen LogP contribution < -0.4 is 33.4 Å². The van der Waals surface area contributed by atoms with Gasteiger partial charge >= 0.3 is 0 Å². The maximum absolute atomic E-state index is 2.39. The minimum atomic E-state index is 0. The van der Waals surface area contributed by atoms with E-state index in [9.17, 15) is 0 Å². The molecule has 0 N–H and O–H groups in total. The lowest BCUT2D eigenvalue weighted by Gasteiger charge is -2.17. The Bertz CT molecular complexity index is 1150. The number of halogens is 1. The van der Waals surface area contributed by atoms with Crippen molar-refractivity contribution in [1.29, 1.82) is 0 Å². The minimum absolute atomic E-state index is 0. The van der Waals surface area contributed by atoms with Crippen molar-refractivity contribution in [2.45, 2.75) is 38.6 Å². The first kappa shape index (κ1) is 23.6. The summed E-state index contributed by atoms with van der Waals surface area (Å²) in [6.45, 7) is 8.57.